The Labute approximate surface area is 155 Å². The predicted octanol–water partition coefficient (Wildman–Crippen LogP) is 2.84. The number of hydrogen-bond acceptors (Lipinski definition) is 3. The van der Waals surface area contributed by atoms with Gasteiger partial charge in [0.05, 0.1) is 0 Å². The number of rotatable bonds is 4. The highest BCUT2D eigenvalue weighted by atomic mass is 19.4. The minimum absolute atomic E-state index is 0.109. The second kappa shape index (κ2) is 7.70. The number of likely N-dealkylation sites (tertiary alicyclic amines) is 1. The van der Waals surface area contributed by atoms with Gasteiger partial charge < -0.3 is 10.2 Å². The molecule has 148 valence electrons. The van der Waals surface area contributed by atoms with Crippen LogP contribution in [0.3, 0.4) is 0 Å². The molecule has 1 aliphatic heterocycles. The molecule has 5 nitrogen and oxygen atoms in total. The zero-order valence-corrected chi connectivity index (χ0v) is 15.5. The zero-order valence-electron chi connectivity index (χ0n) is 15.5. The van der Waals surface area contributed by atoms with Gasteiger partial charge in [-0.15, -0.1) is 0 Å². The second-order valence-corrected chi connectivity index (χ2v) is 7.65. The van der Waals surface area contributed by atoms with Gasteiger partial charge in [-0.3, -0.25) is 14.4 Å². The quantitative estimate of drug-likeness (QED) is 0.641. The summed E-state index contributed by atoms with van der Waals surface area (Å²) in [5, 5.41) is 1.78. The van der Waals surface area contributed by atoms with Crippen LogP contribution in [0, 0.1) is 0 Å². The monoisotopic (exact) mass is 384 g/mol. The van der Waals surface area contributed by atoms with Crippen molar-refractivity contribution in [1.82, 2.24) is 10.2 Å². The van der Waals surface area contributed by atoms with Crippen LogP contribution in [0.15, 0.2) is 24.3 Å². The SMILES string of the molecule is CC(C)(C)c1ccc(C(=O)C(=O)N2CCC[C@H]2C(=O)NCC(F)(F)F)cc1. The fourth-order valence-corrected chi connectivity index (χ4v) is 2.96. The number of halogens is 3. The summed E-state index contributed by atoms with van der Waals surface area (Å²) in [6.07, 6.45) is -3.86. The molecule has 0 saturated carbocycles. The first-order valence-corrected chi connectivity index (χ1v) is 8.70. The molecule has 1 aliphatic rings. The first-order valence-electron chi connectivity index (χ1n) is 8.70. The minimum Gasteiger partial charge on any atom is -0.345 e. The number of alkyl halides is 3. The van der Waals surface area contributed by atoms with Gasteiger partial charge in [-0.2, -0.15) is 13.2 Å². The van der Waals surface area contributed by atoms with E-state index >= 15 is 0 Å². The molecule has 2 amide bonds. The Morgan fingerprint density at radius 2 is 1.70 bits per heavy atom. The minimum atomic E-state index is -4.53. The van der Waals surface area contributed by atoms with Crippen LogP contribution in [0.2, 0.25) is 0 Å². The predicted molar refractivity (Wildman–Crippen MR) is 93.3 cm³/mol. The smallest absolute Gasteiger partial charge is 0.345 e. The van der Waals surface area contributed by atoms with Crippen LogP contribution in [-0.2, 0) is 15.0 Å². The van der Waals surface area contributed by atoms with E-state index in [1.54, 1.807) is 29.6 Å². The Bertz CT molecular complexity index is 721. The van der Waals surface area contributed by atoms with Crippen molar-refractivity contribution in [2.24, 2.45) is 0 Å². The number of amides is 2. The average molecular weight is 384 g/mol. The lowest BCUT2D eigenvalue weighted by atomic mass is 9.86. The molecule has 0 aliphatic carbocycles. The second-order valence-electron chi connectivity index (χ2n) is 7.65. The van der Waals surface area contributed by atoms with Gasteiger partial charge in [0.15, 0.2) is 0 Å². The lowest BCUT2D eigenvalue weighted by molar-refractivity contribution is -0.143. The third-order valence-corrected chi connectivity index (χ3v) is 4.49. The Hall–Kier alpha value is -2.38. The lowest BCUT2D eigenvalue weighted by Gasteiger charge is -2.24. The van der Waals surface area contributed by atoms with Crippen molar-refractivity contribution in [3.8, 4) is 0 Å². The number of benzene rings is 1. The molecule has 0 spiro atoms. The Balaban J connectivity index is 2.08. The van der Waals surface area contributed by atoms with E-state index in [1.165, 1.54) is 0 Å². The summed E-state index contributed by atoms with van der Waals surface area (Å²) in [6, 6.07) is 5.57. The Morgan fingerprint density at radius 3 is 2.22 bits per heavy atom. The van der Waals surface area contributed by atoms with Gasteiger partial charge in [-0.25, -0.2) is 0 Å². The number of nitrogens with zero attached hydrogens (tertiary/aromatic N) is 1. The van der Waals surface area contributed by atoms with E-state index in [1.807, 2.05) is 20.8 Å². The summed E-state index contributed by atoms with van der Waals surface area (Å²) in [7, 11) is 0. The fraction of sp³-hybridized carbons (Fsp3) is 0.526. The topological polar surface area (TPSA) is 66.5 Å². The standard InChI is InChI=1S/C19H23F3N2O3/c1-18(2,3)13-8-6-12(7-9-13)15(25)17(27)24-10-4-5-14(24)16(26)23-11-19(20,21)22/h6-9,14H,4-5,10-11H2,1-3H3,(H,23,26)/t14-/m0/s1. The molecule has 2 rings (SSSR count). The van der Waals surface area contributed by atoms with Crippen molar-refractivity contribution >= 4 is 17.6 Å². The third kappa shape index (κ3) is 5.30. The molecule has 1 saturated heterocycles. The molecule has 0 radical (unpaired) electrons. The van der Waals surface area contributed by atoms with Gasteiger partial charge in [-0.05, 0) is 23.8 Å². The van der Waals surface area contributed by atoms with Crippen LogP contribution in [0.25, 0.3) is 0 Å². The van der Waals surface area contributed by atoms with Crippen molar-refractivity contribution in [2.75, 3.05) is 13.1 Å². The van der Waals surface area contributed by atoms with E-state index in [0.717, 1.165) is 10.5 Å². The Kier molecular flexibility index (Phi) is 5.97. The molecular weight excluding hydrogens is 361 g/mol. The van der Waals surface area contributed by atoms with E-state index in [2.05, 4.69) is 0 Å². The fourth-order valence-electron chi connectivity index (χ4n) is 2.96. The molecule has 1 aromatic rings. The van der Waals surface area contributed by atoms with Gasteiger partial charge in [0.25, 0.3) is 5.91 Å². The van der Waals surface area contributed by atoms with Crippen LogP contribution in [0.4, 0.5) is 13.2 Å². The maximum absolute atomic E-state index is 12.5. The molecule has 0 aromatic heterocycles. The van der Waals surface area contributed by atoms with E-state index < -0.39 is 36.4 Å². The first-order chi connectivity index (χ1) is 12.4. The zero-order chi connectivity index (χ0) is 20.4. The van der Waals surface area contributed by atoms with Crippen molar-refractivity contribution in [1.29, 1.82) is 0 Å². The summed E-state index contributed by atoms with van der Waals surface area (Å²) in [5.74, 6) is -2.54. The normalized spacial score (nSPS) is 17.7. The highest BCUT2D eigenvalue weighted by Gasteiger charge is 2.38. The molecule has 27 heavy (non-hydrogen) atoms. The Morgan fingerprint density at radius 1 is 1.11 bits per heavy atom. The van der Waals surface area contributed by atoms with Crippen LogP contribution in [0.1, 0.15) is 49.5 Å². The molecule has 1 N–H and O–H groups in total. The molecule has 0 unspecified atom stereocenters. The van der Waals surface area contributed by atoms with Gasteiger partial charge in [0.1, 0.15) is 12.6 Å². The van der Waals surface area contributed by atoms with Crippen molar-refractivity contribution in [3.63, 3.8) is 0 Å². The van der Waals surface area contributed by atoms with Crippen LogP contribution >= 0.6 is 0 Å². The summed E-state index contributed by atoms with van der Waals surface area (Å²) >= 11 is 0. The van der Waals surface area contributed by atoms with Gasteiger partial charge in [-0.1, -0.05) is 45.0 Å². The molecule has 1 atom stereocenters. The molecule has 1 heterocycles. The number of hydrogen-bond donors (Lipinski definition) is 1. The molecule has 1 fully saturated rings. The molecule has 0 bridgehead atoms. The van der Waals surface area contributed by atoms with Crippen LogP contribution < -0.4 is 5.32 Å². The maximum atomic E-state index is 12.5. The van der Waals surface area contributed by atoms with Gasteiger partial charge in [0.2, 0.25) is 11.7 Å². The average Bonchev–Trinajstić information content (AvgIpc) is 3.06. The van der Waals surface area contributed by atoms with E-state index in [9.17, 15) is 27.6 Å². The number of ketones is 1. The van der Waals surface area contributed by atoms with Crippen molar-refractivity contribution < 1.29 is 27.6 Å². The summed E-state index contributed by atoms with van der Waals surface area (Å²) < 4.78 is 36.8. The molecule has 8 heteroatoms. The van der Waals surface area contributed by atoms with Gasteiger partial charge >= 0.3 is 6.18 Å². The molecular formula is C19H23F3N2O3. The summed E-state index contributed by atoms with van der Waals surface area (Å²) in [6.45, 7) is 4.75. The number of Topliss-reactive ketones (excluding diaryl/α,β-unsaturated/α-hetero) is 1. The number of carbonyl (C=O) groups excluding carboxylic acids is 3. The highest BCUT2D eigenvalue weighted by molar-refractivity contribution is 6.43. The summed E-state index contributed by atoms with van der Waals surface area (Å²) in [4.78, 5) is 38.1. The van der Waals surface area contributed by atoms with Crippen molar-refractivity contribution in [2.45, 2.75) is 51.2 Å². The lowest BCUT2D eigenvalue weighted by Crippen LogP contribution is -2.49. The van der Waals surface area contributed by atoms with Crippen LogP contribution in [0.5, 0.6) is 0 Å². The largest absolute Gasteiger partial charge is 0.405 e. The van der Waals surface area contributed by atoms with E-state index in [0.29, 0.717) is 6.42 Å². The highest BCUT2D eigenvalue weighted by Crippen LogP contribution is 2.23. The number of nitrogens with one attached hydrogen (secondary N) is 1. The van der Waals surface area contributed by atoms with E-state index in [4.69, 9.17) is 0 Å². The van der Waals surface area contributed by atoms with Crippen LogP contribution in [-0.4, -0.2) is 47.8 Å². The van der Waals surface area contributed by atoms with Crippen molar-refractivity contribution in [3.05, 3.63) is 35.4 Å². The summed E-state index contributed by atoms with van der Waals surface area (Å²) in [5.41, 5.74) is 1.08. The maximum Gasteiger partial charge on any atom is 0.405 e. The first kappa shape index (κ1) is 20.9. The third-order valence-electron chi connectivity index (χ3n) is 4.49. The van der Waals surface area contributed by atoms with Gasteiger partial charge in [0, 0.05) is 12.1 Å². The van der Waals surface area contributed by atoms with E-state index in [-0.39, 0.29) is 23.9 Å². The molecule has 1 aromatic carbocycles. The number of carbonyl (C=O) groups is 3.